The molecule has 0 aromatic heterocycles. The molecule has 1 aliphatic carbocycles. The predicted molar refractivity (Wildman–Crippen MR) is 87.1 cm³/mol. The Kier molecular flexibility index (Phi) is 5.41. The van der Waals surface area contributed by atoms with Gasteiger partial charge in [0.2, 0.25) is 0 Å². The second-order valence-electron chi connectivity index (χ2n) is 6.38. The highest BCUT2D eigenvalue weighted by Gasteiger charge is 2.56. The highest BCUT2D eigenvalue weighted by molar-refractivity contribution is 6.02. The molecule has 4 atom stereocenters. The van der Waals surface area contributed by atoms with Gasteiger partial charge in [0.25, 0.3) is 5.69 Å². The average molecular weight is 365 g/mol. The van der Waals surface area contributed by atoms with Crippen LogP contribution in [0.1, 0.15) is 24.8 Å². The molecule has 1 aliphatic rings. The Morgan fingerprint density at radius 1 is 1.19 bits per heavy atom. The number of rotatable bonds is 4. The van der Waals surface area contributed by atoms with Crippen LogP contribution in [0.15, 0.2) is 24.3 Å². The number of non-ortho nitro benzene ring substituents is 1. The van der Waals surface area contributed by atoms with E-state index in [0.717, 1.165) is 14.2 Å². The second-order valence-corrected chi connectivity index (χ2v) is 6.38. The Morgan fingerprint density at radius 2 is 1.73 bits per heavy atom. The molecule has 0 heterocycles. The van der Waals surface area contributed by atoms with Crippen LogP contribution < -0.4 is 0 Å². The van der Waals surface area contributed by atoms with Crippen LogP contribution in [-0.2, 0) is 23.9 Å². The number of ketones is 1. The maximum absolute atomic E-state index is 12.5. The zero-order valence-corrected chi connectivity index (χ0v) is 14.5. The van der Waals surface area contributed by atoms with Gasteiger partial charge in [-0.15, -0.1) is 0 Å². The first kappa shape index (κ1) is 19.5. The lowest BCUT2D eigenvalue weighted by Crippen LogP contribution is -2.55. The number of esters is 2. The van der Waals surface area contributed by atoms with Gasteiger partial charge in [-0.1, -0.05) is 12.1 Å². The summed E-state index contributed by atoms with van der Waals surface area (Å²) >= 11 is 0. The number of hydrogen-bond acceptors (Lipinski definition) is 8. The SMILES string of the molecule is COC(=O)[C@H]1C(=O)C[C@](C)(O)[C@@H](C(=O)OC)[C@H]1c1ccc([N+](=O)[O-])cc1. The van der Waals surface area contributed by atoms with E-state index in [0.29, 0.717) is 5.56 Å². The maximum Gasteiger partial charge on any atom is 0.316 e. The van der Waals surface area contributed by atoms with Gasteiger partial charge >= 0.3 is 11.9 Å². The fourth-order valence-corrected chi connectivity index (χ4v) is 3.49. The number of carbonyl (C=O) groups is 3. The lowest BCUT2D eigenvalue weighted by molar-refractivity contribution is -0.384. The molecule has 1 aromatic carbocycles. The number of ether oxygens (including phenoxy) is 2. The standard InChI is InChI=1S/C17H19NO8/c1-17(22)8-11(19)13(15(20)25-2)12(14(17)16(21)26-3)9-4-6-10(7-5-9)18(23)24/h4-7,12-14,22H,8H2,1-3H3/t12-,13-,14+,17-/m0/s1. The third-order valence-electron chi connectivity index (χ3n) is 4.67. The van der Waals surface area contributed by atoms with Crippen molar-refractivity contribution in [2.24, 2.45) is 11.8 Å². The molecule has 1 saturated carbocycles. The molecule has 0 aliphatic heterocycles. The van der Waals surface area contributed by atoms with Gasteiger partial charge in [-0.05, 0) is 12.5 Å². The number of carbonyl (C=O) groups excluding carboxylic acids is 3. The van der Waals surface area contributed by atoms with E-state index in [9.17, 15) is 29.6 Å². The van der Waals surface area contributed by atoms with Gasteiger partial charge in [-0.2, -0.15) is 0 Å². The number of nitro benzene ring substituents is 1. The third kappa shape index (κ3) is 3.43. The van der Waals surface area contributed by atoms with Crippen LogP contribution in [0.25, 0.3) is 0 Å². The third-order valence-corrected chi connectivity index (χ3v) is 4.67. The van der Waals surface area contributed by atoms with Crippen LogP contribution in [0, 0.1) is 22.0 Å². The Morgan fingerprint density at radius 3 is 2.19 bits per heavy atom. The minimum atomic E-state index is -1.75. The molecule has 1 fully saturated rings. The van der Waals surface area contributed by atoms with Crippen LogP contribution in [-0.4, -0.2) is 47.6 Å². The first-order valence-electron chi connectivity index (χ1n) is 7.79. The van der Waals surface area contributed by atoms with Gasteiger partial charge in [-0.3, -0.25) is 24.5 Å². The van der Waals surface area contributed by atoms with E-state index >= 15 is 0 Å². The van der Waals surface area contributed by atoms with E-state index in [1.807, 2.05) is 0 Å². The van der Waals surface area contributed by atoms with Crippen molar-refractivity contribution in [2.45, 2.75) is 24.9 Å². The summed E-state index contributed by atoms with van der Waals surface area (Å²) < 4.78 is 9.47. The van der Waals surface area contributed by atoms with Crippen molar-refractivity contribution in [1.29, 1.82) is 0 Å². The van der Waals surface area contributed by atoms with Gasteiger partial charge in [0.05, 0.1) is 30.7 Å². The molecule has 0 bridgehead atoms. The molecular weight excluding hydrogens is 346 g/mol. The molecule has 2 rings (SSSR count). The first-order chi connectivity index (χ1) is 12.1. The summed E-state index contributed by atoms with van der Waals surface area (Å²) in [6, 6.07) is 5.10. The van der Waals surface area contributed by atoms with E-state index < -0.39 is 52.4 Å². The molecule has 0 unspecified atom stereocenters. The second kappa shape index (κ2) is 7.20. The number of hydrogen-bond donors (Lipinski definition) is 1. The number of nitrogens with zero attached hydrogens (tertiary/aromatic N) is 1. The average Bonchev–Trinajstić information content (AvgIpc) is 2.59. The van der Waals surface area contributed by atoms with Crippen LogP contribution in [0.4, 0.5) is 5.69 Å². The molecule has 140 valence electrons. The van der Waals surface area contributed by atoms with Crippen LogP contribution in [0.2, 0.25) is 0 Å². The molecule has 0 amide bonds. The zero-order valence-electron chi connectivity index (χ0n) is 14.5. The summed E-state index contributed by atoms with van der Waals surface area (Å²) in [5, 5.41) is 21.5. The van der Waals surface area contributed by atoms with Crippen molar-refractivity contribution in [3.63, 3.8) is 0 Å². The van der Waals surface area contributed by atoms with Crippen molar-refractivity contribution < 1.29 is 33.9 Å². The zero-order chi connectivity index (χ0) is 19.6. The molecule has 26 heavy (non-hydrogen) atoms. The van der Waals surface area contributed by atoms with Crippen LogP contribution in [0.3, 0.4) is 0 Å². The fourth-order valence-electron chi connectivity index (χ4n) is 3.49. The predicted octanol–water partition coefficient (Wildman–Crippen LogP) is 0.981. The number of Topliss-reactive ketones (excluding diaryl/α,β-unsaturated/α-hetero) is 1. The Hall–Kier alpha value is -2.81. The summed E-state index contributed by atoms with van der Waals surface area (Å²) in [4.78, 5) is 47.3. The Labute approximate surface area is 149 Å². The van der Waals surface area contributed by atoms with E-state index in [2.05, 4.69) is 0 Å². The summed E-state index contributed by atoms with van der Waals surface area (Å²) in [5.41, 5.74) is -1.62. The van der Waals surface area contributed by atoms with Crippen LogP contribution in [0.5, 0.6) is 0 Å². The lowest BCUT2D eigenvalue weighted by Gasteiger charge is -2.43. The molecule has 1 N–H and O–H groups in total. The summed E-state index contributed by atoms with van der Waals surface area (Å²) in [5.74, 6) is -5.85. The molecule has 0 spiro atoms. The quantitative estimate of drug-likeness (QED) is 0.361. The van der Waals surface area contributed by atoms with E-state index in [4.69, 9.17) is 9.47 Å². The van der Waals surface area contributed by atoms with Crippen molar-refractivity contribution in [2.75, 3.05) is 14.2 Å². The van der Waals surface area contributed by atoms with E-state index in [1.165, 1.54) is 31.2 Å². The van der Waals surface area contributed by atoms with Crippen molar-refractivity contribution in [3.05, 3.63) is 39.9 Å². The van der Waals surface area contributed by atoms with Crippen LogP contribution >= 0.6 is 0 Å². The number of methoxy groups -OCH3 is 2. The summed E-state index contributed by atoms with van der Waals surface area (Å²) in [7, 11) is 2.25. The Balaban J connectivity index is 2.62. The summed E-state index contributed by atoms with van der Waals surface area (Å²) in [6.07, 6.45) is -0.421. The molecule has 0 saturated heterocycles. The lowest BCUT2D eigenvalue weighted by atomic mass is 9.62. The van der Waals surface area contributed by atoms with Crippen molar-refractivity contribution in [3.8, 4) is 0 Å². The van der Waals surface area contributed by atoms with Gasteiger partial charge in [0.15, 0.2) is 5.78 Å². The largest absolute Gasteiger partial charge is 0.469 e. The van der Waals surface area contributed by atoms with Gasteiger partial charge < -0.3 is 14.6 Å². The highest BCUT2D eigenvalue weighted by Crippen LogP contribution is 2.46. The van der Waals surface area contributed by atoms with Gasteiger partial charge in [0.1, 0.15) is 5.92 Å². The number of nitro groups is 1. The normalized spacial score (nSPS) is 28.3. The minimum Gasteiger partial charge on any atom is -0.469 e. The summed E-state index contributed by atoms with van der Waals surface area (Å²) in [6.45, 7) is 1.32. The molecular formula is C17H19NO8. The smallest absolute Gasteiger partial charge is 0.316 e. The molecule has 0 radical (unpaired) electrons. The molecule has 9 nitrogen and oxygen atoms in total. The topological polar surface area (TPSA) is 133 Å². The highest BCUT2D eigenvalue weighted by atomic mass is 16.6. The van der Waals surface area contributed by atoms with E-state index in [-0.39, 0.29) is 5.69 Å². The molecule has 9 heteroatoms. The van der Waals surface area contributed by atoms with Crippen molar-refractivity contribution >= 4 is 23.4 Å². The number of benzene rings is 1. The minimum absolute atomic E-state index is 0.188. The number of aliphatic hydroxyl groups is 1. The fraction of sp³-hybridized carbons (Fsp3) is 0.471. The monoisotopic (exact) mass is 365 g/mol. The van der Waals surface area contributed by atoms with Crippen molar-refractivity contribution in [1.82, 2.24) is 0 Å². The first-order valence-corrected chi connectivity index (χ1v) is 7.79. The molecule has 1 aromatic rings. The Bertz CT molecular complexity index is 740. The van der Waals surface area contributed by atoms with Gasteiger partial charge in [0, 0.05) is 24.5 Å². The van der Waals surface area contributed by atoms with Gasteiger partial charge in [-0.25, -0.2) is 0 Å². The van der Waals surface area contributed by atoms with E-state index in [1.54, 1.807) is 0 Å². The maximum atomic E-state index is 12.5.